The van der Waals surface area contributed by atoms with Crippen LogP contribution in [-0.4, -0.2) is 51.7 Å². The highest BCUT2D eigenvalue weighted by Crippen LogP contribution is 2.33. The summed E-state index contributed by atoms with van der Waals surface area (Å²) in [5.41, 5.74) is -3.00. The number of hydrogen-bond donors (Lipinski definition) is 2. The molecule has 0 bridgehead atoms. The molecule has 0 fully saturated rings. The maximum absolute atomic E-state index is 13.4. The molecule has 2 rings (SSSR count). The predicted molar refractivity (Wildman–Crippen MR) is 155 cm³/mol. The largest absolute Gasteiger partial charge is 0.444 e. The second kappa shape index (κ2) is 13.0. The molecule has 13 heteroatoms. The lowest BCUT2D eigenvalue weighted by Gasteiger charge is -2.30. The van der Waals surface area contributed by atoms with Crippen molar-refractivity contribution in [1.29, 1.82) is 0 Å². The van der Waals surface area contributed by atoms with Crippen LogP contribution in [0.4, 0.5) is 27.9 Å². The zero-order chi connectivity index (χ0) is 31.4. The minimum Gasteiger partial charge on any atom is -0.444 e. The first-order chi connectivity index (χ1) is 18.5. The van der Waals surface area contributed by atoms with Crippen molar-refractivity contribution in [2.45, 2.75) is 90.8 Å². The van der Waals surface area contributed by atoms with Crippen LogP contribution in [0.2, 0.25) is 0 Å². The molecule has 1 atom stereocenters. The summed E-state index contributed by atoms with van der Waals surface area (Å²) in [4.78, 5) is 31.8. The first kappa shape index (κ1) is 34.4. The SMILES string of the molecule is CC(C)(O)C#Cc1nc(N(CC(Cc2ccc(C(F)(F)F)cc2)NC(=O)OC(C)(C)C)C(=O)OC(C)(C)C)sc1Br. The number of halogens is 4. The van der Waals surface area contributed by atoms with Gasteiger partial charge in [0.1, 0.15) is 26.3 Å². The number of thiazole rings is 1. The smallest absolute Gasteiger partial charge is 0.416 e. The van der Waals surface area contributed by atoms with E-state index < -0.39 is 46.8 Å². The molecule has 2 N–H and O–H groups in total. The molecule has 1 aromatic carbocycles. The number of rotatable bonds is 6. The van der Waals surface area contributed by atoms with Crippen LogP contribution in [0.1, 0.15) is 72.2 Å². The van der Waals surface area contributed by atoms with E-state index in [0.29, 0.717) is 9.35 Å². The predicted octanol–water partition coefficient (Wildman–Crippen LogP) is 6.92. The molecule has 1 unspecified atom stereocenters. The number of carbonyl (C=O) groups excluding carboxylic acids is 2. The molecule has 2 amide bonds. The zero-order valence-electron chi connectivity index (χ0n) is 24.2. The van der Waals surface area contributed by atoms with Gasteiger partial charge in [0, 0.05) is 0 Å². The molecule has 0 radical (unpaired) electrons. The number of amides is 2. The zero-order valence-corrected chi connectivity index (χ0v) is 26.6. The summed E-state index contributed by atoms with van der Waals surface area (Å²) in [5.74, 6) is 5.44. The molecular weight excluding hydrogens is 627 g/mol. The lowest BCUT2D eigenvalue weighted by atomic mass is 10.0. The Bertz CT molecular complexity index is 1280. The highest BCUT2D eigenvalue weighted by molar-refractivity contribution is 9.11. The highest BCUT2D eigenvalue weighted by atomic mass is 79.9. The van der Waals surface area contributed by atoms with Crippen molar-refractivity contribution < 1.29 is 37.3 Å². The summed E-state index contributed by atoms with van der Waals surface area (Å²) in [6.07, 6.45) is -5.96. The molecule has 0 saturated carbocycles. The van der Waals surface area contributed by atoms with Gasteiger partial charge in [-0.05, 0) is 101 Å². The van der Waals surface area contributed by atoms with Gasteiger partial charge in [0.05, 0.1) is 18.2 Å². The van der Waals surface area contributed by atoms with Crippen LogP contribution in [0.5, 0.6) is 0 Å². The number of alkyl halides is 3. The molecular formula is C28H35BrF3N3O5S. The Morgan fingerprint density at radius 1 is 1.05 bits per heavy atom. The number of aromatic nitrogens is 1. The number of carbonyl (C=O) groups is 2. The molecule has 1 heterocycles. The van der Waals surface area contributed by atoms with E-state index in [1.165, 1.54) is 30.9 Å². The number of nitrogens with zero attached hydrogens (tertiary/aromatic N) is 2. The van der Waals surface area contributed by atoms with Crippen molar-refractivity contribution in [3.63, 3.8) is 0 Å². The van der Waals surface area contributed by atoms with Gasteiger partial charge >= 0.3 is 18.4 Å². The fourth-order valence-corrected chi connectivity index (χ4v) is 4.59. The van der Waals surface area contributed by atoms with Crippen molar-refractivity contribution >= 4 is 44.6 Å². The third-order valence-electron chi connectivity index (χ3n) is 4.79. The van der Waals surface area contributed by atoms with Crippen LogP contribution in [0, 0.1) is 11.8 Å². The molecule has 0 aliphatic heterocycles. The summed E-state index contributed by atoms with van der Waals surface area (Å²) in [6.45, 7) is 13.0. The van der Waals surface area contributed by atoms with Gasteiger partial charge in [-0.1, -0.05) is 29.4 Å². The van der Waals surface area contributed by atoms with Gasteiger partial charge in [0.2, 0.25) is 0 Å². The summed E-state index contributed by atoms with van der Waals surface area (Å²) >= 11 is 4.48. The first-order valence-electron chi connectivity index (χ1n) is 12.6. The summed E-state index contributed by atoms with van der Waals surface area (Å²) in [7, 11) is 0. The number of hydrogen-bond acceptors (Lipinski definition) is 7. The van der Waals surface area contributed by atoms with Crippen LogP contribution < -0.4 is 10.2 Å². The number of aliphatic hydroxyl groups is 1. The van der Waals surface area contributed by atoms with Crippen LogP contribution in [-0.2, 0) is 22.1 Å². The molecule has 0 spiro atoms. The van der Waals surface area contributed by atoms with Crippen molar-refractivity contribution in [3.05, 3.63) is 44.9 Å². The van der Waals surface area contributed by atoms with Gasteiger partial charge in [-0.2, -0.15) is 13.2 Å². The van der Waals surface area contributed by atoms with Crippen LogP contribution in [0.3, 0.4) is 0 Å². The Balaban J connectivity index is 2.49. The van der Waals surface area contributed by atoms with Crippen molar-refractivity contribution in [3.8, 4) is 11.8 Å². The molecule has 2 aromatic rings. The molecule has 0 aliphatic rings. The molecule has 0 aliphatic carbocycles. The quantitative estimate of drug-likeness (QED) is 0.326. The van der Waals surface area contributed by atoms with E-state index in [0.717, 1.165) is 23.5 Å². The monoisotopic (exact) mass is 661 g/mol. The lowest BCUT2D eigenvalue weighted by molar-refractivity contribution is -0.137. The fourth-order valence-electron chi connectivity index (χ4n) is 3.21. The van der Waals surface area contributed by atoms with Gasteiger partial charge < -0.3 is 19.9 Å². The Kier molecular flexibility index (Phi) is 10.9. The normalized spacial score (nSPS) is 13.1. The minimum absolute atomic E-state index is 0.0641. The number of benzene rings is 1. The fraction of sp³-hybridized carbons (Fsp3) is 0.536. The topological polar surface area (TPSA) is 101 Å². The first-order valence-corrected chi connectivity index (χ1v) is 14.2. The Morgan fingerprint density at radius 2 is 1.61 bits per heavy atom. The van der Waals surface area contributed by atoms with E-state index in [2.05, 4.69) is 38.1 Å². The molecule has 0 saturated heterocycles. The van der Waals surface area contributed by atoms with E-state index in [-0.39, 0.29) is 23.8 Å². The number of anilines is 1. The average Bonchev–Trinajstić information content (AvgIpc) is 3.12. The standard InChI is InChI=1S/C28H35BrF3N3O5S/c1-25(2,3)39-23(36)33-19(15-17-9-11-18(12-10-17)28(30,31)32)16-35(24(37)40-26(4,5)6)22-34-20(21(29)41-22)13-14-27(7,8)38/h9-12,19,38H,15-16H2,1-8H3,(H,33,36). The minimum atomic E-state index is -4.50. The molecule has 8 nitrogen and oxygen atoms in total. The van der Waals surface area contributed by atoms with E-state index in [1.807, 2.05) is 0 Å². The lowest BCUT2D eigenvalue weighted by Crippen LogP contribution is -2.49. The Labute approximate surface area is 250 Å². The summed E-state index contributed by atoms with van der Waals surface area (Å²) in [5, 5.41) is 12.9. The molecule has 226 valence electrons. The van der Waals surface area contributed by atoms with Crippen molar-refractivity contribution in [2.75, 3.05) is 11.4 Å². The van der Waals surface area contributed by atoms with Crippen LogP contribution in [0.25, 0.3) is 0 Å². The summed E-state index contributed by atoms with van der Waals surface area (Å²) in [6, 6.07) is 3.72. The van der Waals surface area contributed by atoms with Crippen LogP contribution >= 0.6 is 27.3 Å². The van der Waals surface area contributed by atoms with Crippen molar-refractivity contribution in [1.82, 2.24) is 10.3 Å². The number of nitrogens with one attached hydrogen (secondary N) is 1. The van der Waals surface area contributed by atoms with Gasteiger partial charge in [0.15, 0.2) is 5.13 Å². The number of ether oxygens (including phenoxy) is 2. The van der Waals surface area contributed by atoms with Gasteiger partial charge in [-0.15, -0.1) is 0 Å². The van der Waals surface area contributed by atoms with E-state index >= 15 is 0 Å². The third-order valence-corrected chi connectivity index (χ3v) is 6.52. The van der Waals surface area contributed by atoms with E-state index in [9.17, 15) is 27.9 Å². The maximum Gasteiger partial charge on any atom is 0.416 e. The second-order valence-electron chi connectivity index (χ2n) is 11.8. The molecule has 41 heavy (non-hydrogen) atoms. The van der Waals surface area contributed by atoms with Gasteiger partial charge in [0.25, 0.3) is 0 Å². The third kappa shape index (κ3) is 12.3. The van der Waals surface area contributed by atoms with E-state index in [4.69, 9.17) is 9.47 Å². The van der Waals surface area contributed by atoms with Gasteiger partial charge in [-0.25, -0.2) is 14.6 Å². The maximum atomic E-state index is 13.4. The average molecular weight is 663 g/mol. The Hall–Kier alpha value is -2.82. The second-order valence-corrected chi connectivity index (χ2v) is 14.1. The van der Waals surface area contributed by atoms with Gasteiger partial charge in [-0.3, -0.25) is 4.90 Å². The van der Waals surface area contributed by atoms with Crippen LogP contribution in [0.15, 0.2) is 28.1 Å². The van der Waals surface area contributed by atoms with Crippen molar-refractivity contribution in [2.24, 2.45) is 0 Å². The summed E-state index contributed by atoms with van der Waals surface area (Å²) < 4.78 is 50.7. The molecule has 1 aromatic heterocycles. The van der Waals surface area contributed by atoms with E-state index in [1.54, 1.807) is 41.5 Å². The highest BCUT2D eigenvalue weighted by Gasteiger charge is 2.32. The Morgan fingerprint density at radius 3 is 2.10 bits per heavy atom. The number of alkyl carbamates (subject to hydrolysis) is 1.